The number of thiophene rings is 1. The van der Waals surface area contributed by atoms with Crippen molar-refractivity contribution >= 4 is 27.5 Å². The molecule has 0 nitrogen and oxygen atoms in total. The molecule has 20 heavy (non-hydrogen) atoms. The van der Waals surface area contributed by atoms with Gasteiger partial charge in [-0.15, -0.1) is 11.3 Å². The molecular weight excluding hydrogens is 260 g/mol. The van der Waals surface area contributed by atoms with Gasteiger partial charge in [0, 0.05) is 9.58 Å². The maximum atomic E-state index is 2.23. The Kier molecular flexibility index (Phi) is 3.45. The van der Waals surface area contributed by atoms with Crippen LogP contribution in [0.25, 0.3) is 27.3 Å². The van der Waals surface area contributed by atoms with Crippen LogP contribution in [0.2, 0.25) is 0 Å². The molecule has 0 radical (unpaired) electrons. The summed E-state index contributed by atoms with van der Waals surface area (Å²) in [5.74, 6) is 0. The molecule has 1 aromatic heterocycles. The number of fused-ring (bicyclic) bond motifs is 1. The van der Waals surface area contributed by atoms with Gasteiger partial charge in [0.1, 0.15) is 0 Å². The van der Waals surface area contributed by atoms with Crippen LogP contribution in [0.3, 0.4) is 0 Å². The lowest BCUT2D eigenvalue weighted by Gasteiger charge is -2.04. The van der Waals surface area contributed by atoms with Crippen molar-refractivity contribution in [3.8, 4) is 11.1 Å². The third-order valence-corrected chi connectivity index (χ3v) is 4.99. The predicted molar refractivity (Wildman–Crippen MR) is 91.4 cm³/mol. The van der Waals surface area contributed by atoms with E-state index in [1.807, 2.05) is 11.3 Å². The van der Waals surface area contributed by atoms with E-state index in [4.69, 9.17) is 0 Å². The van der Waals surface area contributed by atoms with Crippen LogP contribution in [0.4, 0.5) is 0 Å². The van der Waals surface area contributed by atoms with Gasteiger partial charge in [0.2, 0.25) is 0 Å². The molecule has 0 aliphatic heterocycles. The normalized spacial score (nSPS) is 11.6. The zero-order valence-electron chi connectivity index (χ0n) is 12.1. The molecule has 2 aromatic carbocycles. The lowest BCUT2D eigenvalue weighted by molar-refractivity contribution is 1.47. The van der Waals surface area contributed by atoms with E-state index < -0.39 is 0 Å². The predicted octanol–water partition coefficient (Wildman–Crippen LogP) is 6.22. The lowest BCUT2D eigenvalue weighted by Crippen LogP contribution is -1.79. The Morgan fingerprint density at radius 1 is 0.950 bits per heavy atom. The summed E-state index contributed by atoms with van der Waals surface area (Å²) < 4.78 is 1.39. The molecule has 0 spiro atoms. The maximum Gasteiger partial charge on any atom is 0.0430 e. The minimum Gasteiger partial charge on any atom is -0.135 e. The summed E-state index contributed by atoms with van der Waals surface area (Å²) in [6.07, 6.45) is 4.32. The summed E-state index contributed by atoms with van der Waals surface area (Å²) in [4.78, 5) is 1.36. The highest BCUT2D eigenvalue weighted by atomic mass is 32.1. The first kappa shape index (κ1) is 13.1. The fourth-order valence-electron chi connectivity index (χ4n) is 2.53. The molecule has 1 heterocycles. The average Bonchev–Trinajstić information content (AvgIpc) is 2.77. The van der Waals surface area contributed by atoms with E-state index in [0.29, 0.717) is 0 Å². The van der Waals surface area contributed by atoms with E-state index >= 15 is 0 Å². The second-order valence-corrected chi connectivity index (χ2v) is 6.19. The molecule has 0 bridgehead atoms. The van der Waals surface area contributed by atoms with Crippen molar-refractivity contribution in [1.29, 1.82) is 0 Å². The first-order chi connectivity index (χ1) is 9.70. The molecule has 0 aliphatic carbocycles. The molecule has 0 amide bonds. The highest BCUT2D eigenvalue weighted by molar-refractivity contribution is 7.20. The van der Waals surface area contributed by atoms with Crippen LogP contribution >= 0.6 is 11.3 Å². The van der Waals surface area contributed by atoms with Crippen molar-refractivity contribution in [2.75, 3.05) is 0 Å². The van der Waals surface area contributed by atoms with E-state index in [9.17, 15) is 0 Å². The van der Waals surface area contributed by atoms with Crippen LogP contribution in [0.5, 0.6) is 0 Å². The van der Waals surface area contributed by atoms with Crippen LogP contribution in [0, 0.1) is 13.8 Å². The third-order valence-electron chi connectivity index (χ3n) is 3.68. The van der Waals surface area contributed by atoms with E-state index in [1.54, 1.807) is 0 Å². The fraction of sp³-hybridized carbons (Fsp3) is 0.158. The van der Waals surface area contributed by atoms with Crippen molar-refractivity contribution < 1.29 is 0 Å². The monoisotopic (exact) mass is 278 g/mol. The number of benzene rings is 2. The summed E-state index contributed by atoms with van der Waals surface area (Å²) in [6, 6.07) is 15.4. The van der Waals surface area contributed by atoms with E-state index in [-0.39, 0.29) is 0 Å². The van der Waals surface area contributed by atoms with Crippen molar-refractivity contribution in [2.45, 2.75) is 20.8 Å². The molecule has 100 valence electrons. The molecular formula is C19H18S. The molecule has 0 unspecified atom stereocenters. The Hall–Kier alpha value is -1.86. The Labute approximate surface area is 124 Å². The first-order valence-corrected chi connectivity index (χ1v) is 7.74. The van der Waals surface area contributed by atoms with Crippen molar-refractivity contribution in [3.63, 3.8) is 0 Å². The number of allylic oxidation sites excluding steroid dienone is 1. The lowest BCUT2D eigenvalue weighted by atomic mass is 10.0. The molecule has 0 fully saturated rings. The maximum absolute atomic E-state index is 2.23. The number of hydrogen-bond donors (Lipinski definition) is 0. The molecule has 0 atom stereocenters. The van der Waals surface area contributed by atoms with Gasteiger partial charge in [-0.2, -0.15) is 0 Å². The summed E-state index contributed by atoms with van der Waals surface area (Å²) in [7, 11) is 0. The van der Waals surface area contributed by atoms with Gasteiger partial charge in [-0.05, 0) is 48.9 Å². The van der Waals surface area contributed by atoms with Crippen LogP contribution in [0.15, 0.2) is 48.5 Å². The Balaban J connectivity index is 2.26. The SMILES string of the molecule is C/C=C\c1sc2c(-c3ccc(C)cc3)cccc2c1C. The van der Waals surface area contributed by atoms with Gasteiger partial charge in [0.05, 0.1) is 0 Å². The third kappa shape index (κ3) is 2.19. The quantitative estimate of drug-likeness (QED) is 0.522. The second-order valence-electron chi connectivity index (χ2n) is 5.14. The number of aryl methyl sites for hydroxylation is 2. The molecule has 3 aromatic rings. The van der Waals surface area contributed by atoms with Gasteiger partial charge in [-0.3, -0.25) is 0 Å². The standard InChI is InChI=1S/C19H18S/c1-4-6-18-14(3)16-7-5-8-17(19(16)20-18)15-11-9-13(2)10-12-15/h4-12H,1-3H3/b6-4-. The van der Waals surface area contributed by atoms with Crippen LogP contribution in [-0.4, -0.2) is 0 Å². The first-order valence-electron chi connectivity index (χ1n) is 6.92. The Morgan fingerprint density at radius 3 is 2.40 bits per heavy atom. The van der Waals surface area contributed by atoms with Crippen molar-refractivity contribution in [3.05, 3.63) is 64.5 Å². The summed E-state index contributed by atoms with van der Waals surface area (Å²) in [5, 5.41) is 1.38. The Morgan fingerprint density at radius 2 is 1.70 bits per heavy atom. The topological polar surface area (TPSA) is 0 Å². The van der Waals surface area contributed by atoms with Crippen molar-refractivity contribution in [2.24, 2.45) is 0 Å². The summed E-state index contributed by atoms with van der Waals surface area (Å²) in [5.41, 5.74) is 5.33. The highest BCUT2D eigenvalue weighted by Gasteiger charge is 2.10. The van der Waals surface area contributed by atoms with Crippen molar-refractivity contribution in [1.82, 2.24) is 0 Å². The molecule has 1 heteroatoms. The zero-order valence-corrected chi connectivity index (χ0v) is 12.9. The van der Waals surface area contributed by atoms with Gasteiger partial charge < -0.3 is 0 Å². The van der Waals surface area contributed by atoms with Crippen LogP contribution in [0.1, 0.15) is 22.9 Å². The van der Waals surface area contributed by atoms with E-state index in [0.717, 1.165) is 0 Å². The summed E-state index contributed by atoms with van der Waals surface area (Å²) >= 11 is 1.89. The minimum atomic E-state index is 1.30. The smallest absolute Gasteiger partial charge is 0.0430 e. The van der Waals surface area contributed by atoms with E-state index in [1.165, 1.54) is 37.2 Å². The van der Waals surface area contributed by atoms with Gasteiger partial charge in [-0.1, -0.05) is 54.1 Å². The van der Waals surface area contributed by atoms with Gasteiger partial charge >= 0.3 is 0 Å². The highest BCUT2D eigenvalue weighted by Crippen LogP contribution is 2.38. The van der Waals surface area contributed by atoms with Gasteiger partial charge in [-0.25, -0.2) is 0 Å². The van der Waals surface area contributed by atoms with Gasteiger partial charge in [0.25, 0.3) is 0 Å². The molecule has 0 saturated carbocycles. The zero-order chi connectivity index (χ0) is 14.1. The van der Waals surface area contributed by atoms with Gasteiger partial charge in [0.15, 0.2) is 0 Å². The number of hydrogen-bond acceptors (Lipinski definition) is 1. The molecule has 0 aliphatic rings. The molecule has 3 rings (SSSR count). The fourth-order valence-corrected chi connectivity index (χ4v) is 3.85. The molecule has 0 saturated heterocycles. The number of rotatable bonds is 2. The minimum absolute atomic E-state index is 1.30. The Bertz CT molecular complexity index is 773. The average molecular weight is 278 g/mol. The van der Waals surface area contributed by atoms with E-state index in [2.05, 4.69) is 75.4 Å². The van der Waals surface area contributed by atoms with Crippen LogP contribution in [-0.2, 0) is 0 Å². The summed E-state index contributed by atoms with van der Waals surface area (Å²) in [6.45, 7) is 6.42. The largest absolute Gasteiger partial charge is 0.135 e. The molecule has 0 N–H and O–H groups in total. The van der Waals surface area contributed by atoms with Crippen LogP contribution < -0.4 is 0 Å². The second kappa shape index (κ2) is 5.26.